The number of aromatic nitrogens is 4. The summed E-state index contributed by atoms with van der Waals surface area (Å²) >= 11 is 0. The van der Waals surface area contributed by atoms with Crippen molar-refractivity contribution in [1.82, 2.24) is 20.2 Å². The van der Waals surface area contributed by atoms with Crippen LogP contribution in [0, 0.1) is 5.92 Å². The summed E-state index contributed by atoms with van der Waals surface area (Å²) in [7, 11) is 1.59. The van der Waals surface area contributed by atoms with E-state index in [0.29, 0.717) is 11.6 Å². The average Bonchev–Trinajstić information content (AvgIpc) is 2.93. The third kappa shape index (κ3) is 3.36. The van der Waals surface area contributed by atoms with E-state index in [2.05, 4.69) is 15.5 Å². The predicted molar refractivity (Wildman–Crippen MR) is 75.9 cm³/mol. The van der Waals surface area contributed by atoms with Crippen molar-refractivity contribution in [2.24, 2.45) is 5.92 Å². The maximum atomic E-state index is 11.1. The zero-order valence-electron chi connectivity index (χ0n) is 12.2. The molecule has 1 heterocycles. The molecular weight excluding hydrogens is 272 g/mol. The van der Waals surface area contributed by atoms with Gasteiger partial charge in [-0.25, -0.2) is 4.68 Å². The summed E-state index contributed by atoms with van der Waals surface area (Å²) in [6.45, 7) is 3.90. The van der Waals surface area contributed by atoms with Gasteiger partial charge in [0.1, 0.15) is 5.75 Å². The number of carboxylic acid groups (broad SMARTS) is 1. The largest absolute Gasteiger partial charge is 0.497 e. The van der Waals surface area contributed by atoms with Crippen LogP contribution in [0.4, 0.5) is 0 Å². The lowest BCUT2D eigenvalue weighted by atomic mass is 10.0. The standard InChI is InChI=1S/C14H18N4O3/c1-9(2)12(8-13(19)20)18-14(15-16-17-18)10-5-4-6-11(7-10)21-3/h4-7,9,12H,8H2,1-3H3,(H,19,20). The normalized spacial score (nSPS) is 12.4. The summed E-state index contributed by atoms with van der Waals surface area (Å²) in [5, 5.41) is 20.8. The van der Waals surface area contributed by atoms with Crippen LogP contribution in [0.15, 0.2) is 24.3 Å². The monoisotopic (exact) mass is 290 g/mol. The number of ether oxygens (including phenoxy) is 1. The van der Waals surface area contributed by atoms with E-state index in [4.69, 9.17) is 9.84 Å². The van der Waals surface area contributed by atoms with Gasteiger partial charge in [0.15, 0.2) is 5.82 Å². The molecular formula is C14H18N4O3. The Labute approximate surface area is 122 Å². The number of rotatable bonds is 6. The van der Waals surface area contributed by atoms with Crippen LogP contribution in [0.5, 0.6) is 5.75 Å². The van der Waals surface area contributed by atoms with Crippen molar-refractivity contribution in [2.75, 3.05) is 7.11 Å². The zero-order valence-corrected chi connectivity index (χ0v) is 12.2. The van der Waals surface area contributed by atoms with E-state index in [9.17, 15) is 4.79 Å². The first-order valence-electron chi connectivity index (χ1n) is 6.67. The lowest BCUT2D eigenvalue weighted by Crippen LogP contribution is -2.21. The third-order valence-corrected chi connectivity index (χ3v) is 3.29. The number of aliphatic carboxylic acids is 1. The highest BCUT2D eigenvalue weighted by molar-refractivity contribution is 5.67. The maximum absolute atomic E-state index is 11.1. The van der Waals surface area contributed by atoms with Gasteiger partial charge in [0.05, 0.1) is 19.6 Å². The quantitative estimate of drug-likeness (QED) is 0.875. The highest BCUT2D eigenvalue weighted by atomic mass is 16.5. The summed E-state index contributed by atoms with van der Waals surface area (Å²) in [5.41, 5.74) is 0.787. The van der Waals surface area contributed by atoms with Gasteiger partial charge in [-0.15, -0.1) is 5.10 Å². The van der Waals surface area contributed by atoms with Crippen molar-refractivity contribution in [3.63, 3.8) is 0 Å². The predicted octanol–water partition coefficient (Wildman–Crippen LogP) is 2.02. The first-order valence-corrected chi connectivity index (χ1v) is 6.67. The van der Waals surface area contributed by atoms with Gasteiger partial charge in [-0.3, -0.25) is 4.79 Å². The number of tetrazole rings is 1. The van der Waals surface area contributed by atoms with Gasteiger partial charge in [0.25, 0.3) is 0 Å². The van der Waals surface area contributed by atoms with Crippen LogP contribution in [0.3, 0.4) is 0 Å². The van der Waals surface area contributed by atoms with Gasteiger partial charge in [-0.2, -0.15) is 0 Å². The zero-order chi connectivity index (χ0) is 15.4. The molecule has 1 unspecified atom stereocenters. The van der Waals surface area contributed by atoms with Gasteiger partial charge in [0, 0.05) is 5.56 Å². The number of hydrogen-bond donors (Lipinski definition) is 1. The minimum Gasteiger partial charge on any atom is -0.497 e. The highest BCUT2D eigenvalue weighted by Crippen LogP contribution is 2.27. The number of hydrogen-bond acceptors (Lipinski definition) is 5. The topological polar surface area (TPSA) is 90.1 Å². The second-order valence-electron chi connectivity index (χ2n) is 5.09. The Morgan fingerprint density at radius 3 is 2.81 bits per heavy atom. The molecule has 21 heavy (non-hydrogen) atoms. The summed E-state index contributed by atoms with van der Waals surface area (Å²) in [5.74, 6) is 0.449. The molecule has 1 atom stereocenters. The summed E-state index contributed by atoms with van der Waals surface area (Å²) < 4.78 is 6.77. The molecule has 0 saturated carbocycles. The molecule has 0 bridgehead atoms. The van der Waals surface area contributed by atoms with Gasteiger partial charge >= 0.3 is 5.97 Å². The Morgan fingerprint density at radius 2 is 2.19 bits per heavy atom. The number of carboxylic acids is 1. The third-order valence-electron chi connectivity index (χ3n) is 3.29. The second kappa shape index (κ2) is 6.34. The molecule has 7 heteroatoms. The van der Waals surface area contributed by atoms with Crippen LogP contribution < -0.4 is 4.74 Å². The van der Waals surface area contributed by atoms with Gasteiger partial charge in [0.2, 0.25) is 0 Å². The number of methoxy groups -OCH3 is 1. The van der Waals surface area contributed by atoms with Gasteiger partial charge in [-0.05, 0) is 28.5 Å². The molecule has 7 nitrogen and oxygen atoms in total. The molecule has 0 aliphatic carbocycles. The molecule has 2 aromatic rings. The number of carbonyl (C=O) groups is 1. The minimum absolute atomic E-state index is 0.0281. The van der Waals surface area contributed by atoms with Crippen molar-refractivity contribution in [1.29, 1.82) is 0 Å². The van der Waals surface area contributed by atoms with E-state index >= 15 is 0 Å². The molecule has 1 aromatic carbocycles. The summed E-state index contributed by atoms with van der Waals surface area (Å²) in [6.07, 6.45) is -0.0281. The molecule has 0 aliphatic rings. The van der Waals surface area contributed by atoms with E-state index in [0.717, 1.165) is 5.56 Å². The molecule has 1 aromatic heterocycles. The highest BCUT2D eigenvalue weighted by Gasteiger charge is 2.24. The summed E-state index contributed by atoms with van der Waals surface area (Å²) in [6, 6.07) is 7.05. The SMILES string of the molecule is COc1cccc(-c2nnnn2C(CC(=O)O)C(C)C)c1. The Balaban J connectivity index is 2.42. The second-order valence-corrected chi connectivity index (χ2v) is 5.09. The molecule has 2 rings (SSSR count). The van der Waals surface area contributed by atoms with Crippen molar-refractivity contribution in [2.45, 2.75) is 26.3 Å². The average molecular weight is 290 g/mol. The Kier molecular flexibility index (Phi) is 4.52. The Hall–Kier alpha value is -2.44. The lowest BCUT2D eigenvalue weighted by molar-refractivity contribution is -0.138. The minimum atomic E-state index is -0.874. The molecule has 1 N–H and O–H groups in total. The fourth-order valence-corrected chi connectivity index (χ4v) is 2.15. The van der Waals surface area contributed by atoms with E-state index < -0.39 is 5.97 Å². The molecule has 0 fully saturated rings. The maximum Gasteiger partial charge on any atom is 0.305 e. The van der Waals surface area contributed by atoms with Gasteiger partial charge in [-0.1, -0.05) is 26.0 Å². The smallest absolute Gasteiger partial charge is 0.305 e. The first-order chi connectivity index (χ1) is 10.0. The van der Waals surface area contributed by atoms with E-state index in [1.165, 1.54) is 0 Å². The molecule has 112 valence electrons. The molecule has 0 saturated heterocycles. The molecule has 0 radical (unpaired) electrons. The molecule has 0 amide bonds. The van der Waals surface area contributed by atoms with Crippen molar-refractivity contribution in [3.8, 4) is 17.1 Å². The van der Waals surface area contributed by atoms with Crippen LogP contribution in [-0.4, -0.2) is 38.4 Å². The first kappa shape index (κ1) is 15.0. The van der Waals surface area contributed by atoms with Gasteiger partial charge < -0.3 is 9.84 Å². The van der Waals surface area contributed by atoms with Crippen molar-refractivity contribution < 1.29 is 14.6 Å². The van der Waals surface area contributed by atoms with Crippen LogP contribution in [0.1, 0.15) is 26.3 Å². The number of benzene rings is 1. The Bertz CT molecular complexity index is 624. The summed E-state index contributed by atoms with van der Waals surface area (Å²) in [4.78, 5) is 11.1. The van der Waals surface area contributed by atoms with E-state index in [-0.39, 0.29) is 18.4 Å². The van der Waals surface area contributed by atoms with Crippen LogP contribution in [0.25, 0.3) is 11.4 Å². The number of nitrogens with zero attached hydrogens (tertiary/aromatic N) is 4. The Morgan fingerprint density at radius 1 is 1.43 bits per heavy atom. The van der Waals surface area contributed by atoms with Crippen molar-refractivity contribution in [3.05, 3.63) is 24.3 Å². The van der Waals surface area contributed by atoms with Crippen molar-refractivity contribution >= 4 is 5.97 Å². The van der Waals surface area contributed by atoms with Crippen LogP contribution in [0.2, 0.25) is 0 Å². The van der Waals surface area contributed by atoms with E-state index in [1.54, 1.807) is 11.8 Å². The van der Waals surface area contributed by atoms with Crippen LogP contribution >= 0.6 is 0 Å². The molecule has 0 aliphatic heterocycles. The molecule has 0 spiro atoms. The van der Waals surface area contributed by atoms with E-state index in [1.807, 2.05) is 38.1 Å². The van der Waals surface area contributed by atoms with Crippen LogP contribution in [-0.2, 0) is 4.79 Å². The fourth-order valence-electron chi connectivity index (χ4n) is 2.15. The lowest BCUT2D eigenvalue weighted by Gasteiger charge is -2.20. The fraction of sp³-hybridized carbons (Fsp3) is 0.429.